The Kier molecular flexibility index (Phi) is 3.15. The highest BCUT2D eigenvalue weighted by atomic mass is 35.5. The van der Waals surface area contributed by atoms with Crippen LogP contribution >= 0.6 is 11.6 Å². The monoisotopic (exact) mass is 250 g/mol. The Labute approximate surface area is 106 Å². The molecule has 0 unspecified atom stereocenters. The standard InChI is InChI=1S/C12H15ClN4/c1-12(2,3)10-15-16-11(13)17(10)8-9-6-4-5-7-14-9/h4-7H,8H2,1-3H3. The number of halogens is 1. The molecule has 17 heavy (non-hydrogen) atoms. The molecule has 4 nitrogen and oxygen atoms in total. The van der Waals surface area contributed by atoms with Crippen molar-refractivity contribution in [3.63, 3.8) is 0 Å². The molecule has 2 aromatic heterocycles. The molecule has 0 aliphatic carbocycles. The van der Waals surface area contributed by atoms with Crippen LogP contribution in [0.3, 0.4) is 0 Å². The quantitative estimate of drug-likeness (QED) is 0.823. The lowest BCUT2D eigenvalue weighted by Gasteiger charge is -2.18. The fraction of sp³-hybridized carbons (Fsp3) is 0.417. The van der Waals surface area contributed by atoms with Crippen molar-refractivity contribution in [3.05, 3.63) is 41.2 Å². The van der Waals surface area contributed by atoms with E-state index in [2.05, 4.69) is 36.0 Å². The van der Waals surface area contributed by atoms with Crippen LogP contribution in [0.25, 0.3) is 0 Å². The van der Waals surface area contributed by atoms with Gasteiger partial charge in [-0.05, 0) is 23.7 Å². The lowest BCUT2D eigenvalue weighted by Crippen LogP contribution is -2.20. The Bertz CT molecular complexity index is 499. The van der Waals surface area contributed by atoms with Crippen molar-refractivity contribution in [2.24, 2.45) is 0 Å². The van der Waals surface area contributed by atoms with Crippen LogP contribution in [0.4, 0.5) is 0 Å². The molecule has 0 fully saturated rings. The summed E-state index contributed by atoms with van der Waals surface area (Å²) < 4.78 is 1.89. The Hall–Kier alpha value is -1.42. The molecule has 0 N–H and O–H groups in total. The molecule has 90 valence electrons. The lowest BCUT2D eigenvalue weighted by atomic mass is 9.96. The fourth-order valence-electron chi connectivity index (χ4n) is 1.63. The van der Waals surface area contributed by atoms with Crippen molar-refractivity contribution >= 4 is 11.6 Å². The number of nitrogens with zero attached hydrogens (tertiary/aromatic N) is 4. The number of pyridine rings is 1. The van der Waals surface area contributed by atoms with Crippen LogP contribution in [0.15, 0.2) is 24.4 Å². The maximum atomic E-state index is 6.06. The van der Waals surface area contributed by atoms with Gasteiger partial charge in [0.1, 0.15) is 5.82 Å². The molecular weight excluding hydrogens is 236 g/mol. The van der Waals surface area contributed by atoms with Gasteiger partial charge >= 0.3 is 0 Å². The summed E-state index contributed by atoms with van der Waals surface area (Å²) in [4.78, 5) is 4.28. The number of hydrogen-bond acceptors (Lipinski definition) is 3. The Balaban J connectivity index is 2.36. The van der Waals surface area contributed by atoms with Gasteiger partial charge in [-0.15, -0.1) is 10.2 Å². The first-order valence-corrected chi connectivity index (χ1v) is 5.85. The smallest absolute Gasteiger partial charge is 0.225 e. The second kappa shape index (κ2) is 4.45. The predicted molar refractivity (Wildman–Crippen MR) is 67.1 cm³/mol. The van der Waals surface area contributed by atoms with Gasteiger partial charge in [0, 0.05) is 11.6 Å². The van der Waals surface area contributed by atoms with Crippen molar-refractivity contribution in [1.29, 1.82) is 0 Å². The summed E-state index contributed by atoms with van der Waals surface area (Å²) in [6.07, 6.45) is 1.77. The minimum Gasteiger partial charge on any atom is -0.295 e. The molecule has 5 heteroatoms. The van der Waals surface area contributed by atoms with Crippen molar-refractivity contribution in [2.45, 2.75) is 32.7 Å². The summed E-state index contributed by atoms with van der Waals surface area (Å²) in [5.74, 6) is 0.869. The SMILES string of the molecule is CC(C)(C)c1nnc(Cl)n1Cc1ccccn1. The second-order valence-corrected chi connectivity index (χ2v) is 5.29. The highest BCUT2D eigenvalue weighted by Gasteiger charge is 2.23. The maximum absolute atomic E-state index is 6.06. The highest BCUT2D eigenvalue weighted by Crippen LogP contribution is 2.23. The van der Waals surface area contributed by atoms with Gasteiger partial charge in [-0.1, -0.05) is 26.8 Å². The molecular formula is C12H15ClN4. The van der Waals surface area contributed by atoms with Gasteiger partial charge in [0.15, 0.2) is 0 Å². The molecule has 2 rings (SSSR count). The van der Waals surface area contributed by atoms with Crippen LogP contribution in [0.1, 0.15) is 32.3 Å². The zero-order valence-corrected chi connectivity index (χ0v) is 10.9. The molecule has 0 aliphatic heterocycles. The third-order valence-electron chi connectivity index (χ3n) is 2.42. The maximum Gasteiger partial charge on any atom is 0.225 e. The summed E-state index contributed by atoms with van der Waals surface area (Å²) in [7, 11) is 0. The van der Waals surface area contributed by atoms with Crippen LogP contribution in [0, 0.1) is 0 Å². The average molecular weight is 251 g/mol. The predicted octanol–water partition coefficient (Wildman–Crippen LogP) is 2.67. The second-order valence-electron chi connectivity index (χ2n) is 4.95. The molecule has 0 spiro atoms. The molecule has 2 heterocycles. The third-order valence-corrected chi connectivity index (χ3v) is 2.70. The van der Waals surface area contributed by atoms with E-state index in [9.17, 15) is 0 Å². The van der Waals surface area contributed by atoms with E-state index >= 15 is 0 Å². The van der Waals surface area contributed by atoms with Crippen LogP contribution < -0.4 is 0 Å². The topological polar surface area (TPSA) is 43.6 Å². The van der Waals surface area contributed by atoms with Gasteiger partial charge < -0.3 is 0 Å². The number of hydrogen-bond donors (Lipinski definition) is 0. The van der Waals surface area contributed by atoms with Crippen molar-refractivity contribution < 1.29 is 0 Å². The normalized spacial score (nSPS) is 11.8. The van der Waals surface area contributed by atoms with E-state index < -0.39 is 0 Å². The molecule has 0 amide bonds. The first kappa shape index (κ1) is 12.0. The van der Waals surface area contributed by atoms with Crippen LogP contribution in [0.5, 0.6) is 0 Å². The van der Waals surface area contributed by atoms with Gasteiger partial charge in [0.25, 0.3) is 0 Å². The summed E-state index contributed by atoms with van der Waals surface area (Å²) in [6, 6.07) is 5.81. The van der Waals surface area contributed by atoms with E-state index in [4.69, 9.17) is 11.6 Å². The summed E-state index contributed by atoms with van der Waals surface area (Å²) in [6.45, 7) is 6.85. The Morgan fingerprint density at radius 1 is 1.24 bits per heavy atom. The van der Waals surface area contributed by atoms with E-state index in [0.717, 1.165) is 11.5 Å². The van der Waals surface area contributed by atoms with Gasteiger partial charge in [0.2, 0.25) is 5.28 Å². The first-order valence-electron chi connectivity index (χ1n) is 5.47. The minimum atomic E-state index is -0.0884. The summed E-state index contributed by atoms with van der Waals surface area (Å²) in [5.41, 5.74) is 0.856. The zero-order valence-electron chi connectivity index (χ0n) is 10.2. The van der Waals surface area contributed by atoms with E-state index in [1.54, 1.807) is 6.20 Å². The first-order chi connectivity index (χ1) is 7.98. The largest absolute Gasteiger partial charge is 0.295 e. The van der Waals surface area contributed by atoms with Gasteiger partial charge in [-0.25, -0.2) is 0 Å². The zero-order chi connectivity index (χ0) is 12.5. The molecule has 0 atom stereocenters. The van der Waals surface area contributed by atoms with Crippen LogP contribution in [-0.2, 0) is 12.0 Å². The lowest BCUT2D eigenvalue weighted by molar-refractivity contribution is 0.508. The third kappa shape index (κ3) is 2.64. The number of rotatable bonds is 2. The van der Waals surface area contributed by atoms with Gasteiger partial charge in [0.05, 0.1) is 12.2 Å². The molecule has 0 aromatic carbocycles. The van der Waals surface area contributed by atoms with Gasteiger partial charge in [-0.3, -0.25) is 9.55 Å². The highest BCUT2D eigenvalue weighted by molar-refractivity contribution is 6.28. The van der Waals surface area contributed by atoms with E-state index in [1.165, 1.54) is 0 Å². The van der Waals surface area contributed by atoms with E-state index in [-0.39, 0.29) is 5.41 Å². The Morgan fingerprint density at radius 3 is 2.59 bits per heavy atom. The molecule has 0 saturated carbocycles. The summed E-state index contributed by atoms with van der Waals surface area (Å²) in [5, 5.41) is 8.47. The van der Waals surface area contributed by atoms with Crippen LogP contribution in [0.2, 0.25) is 5.28 Å². The van der Waals surface area contributed by atoms with E-state index in [1.807, 2.05) is 22.8 Å². The Morgan fingerprint density at radius 2 is 2.00 bits per heavy atom. The molecule has 0 bridgehead atoms. The van der Waals surface area contributed by atoms with Crippen LogP contribution in [-0.4, -0.2) is 19.7 Å². The summed E-state index contributed by atoms with van der Waals surface area (Å²) >= 11 is 6.06. The molecule has 0 saturated heterocycles. The van der Waals surface area contributed by atoms with Crippen molar-refractivity contribution in [1.82, 2.24) is 19.7 Å². The average Bonchev–Trinajstić information content (AvgIpc) is 2.62. The molecule has 0 aliphatic rings. The molecule has 0 radical (unpaired) electrons. The van der Waals surface area contributed by atoms with Gasteiger partial charge in [-0.2, -0.15) is 0 Å². The minimum absolute atomic E-state index is 0.0884. The number of aromatic nitrogens is 4. The fourth-order valence-corrected chi connectivity index (χ4v) is 1.81. The van der Waals surface area contributed by atoms with Crippen molar-refractivity contribution in [3.8, 4) is 0 Å². The van der Waals surface area contributed by atoms with Crippen molar-refractivity contribution in [2.75, 3.05) is 0 Å². The van der Waals surface area contributed by atoms with E-state index in [0.29, 0.717) is 11.8 Å². The molecule has 2 aromatic rings.